The van der Waals surface area contributed by atoms with Crippen molar-refractivity contribution in [2.75, 3.05) is 17.2 Å². The van der Waals surface area contributed by atoms with E-state index >= 15 is 0 Å². The number of hydrogen-bond acceptors (Lipinski definition) is 2. The number of rotatable bonds is 4. The second-order valence-electron chi connectivity index (χ2n) is 4.27. The van der Waals surface area contributed by atoms with Crippen molar-refractivity contribution in [1.82, 2.24) is 0 Å². The van der Waals surface area contributed by atoms with Crippen LogP contribution in [0.2, 0.25) is 5.02 Å². The van der Waals surface area contributed by atoms with Gasteiger partial charge in [-0.3, -0.25) is 4.79 Å². The molecule has 0 radical (unpaired) electrons. The van der Waals surface area contributed by atoms with Gasteiger partial charge in [-0.05, 0) is 69.1 Å². The summed E-state index contributed by atoms with van der Waals surface area (Å²) in [4.78, 5) is 12.5. The van der Waals surface area contributed by atoms with Crippen LogP contribution in [-0.4, -0.2) is 12.5 Å². The first-order valence-electron chi connectivity index (χ1n) is 6.31. The molecule has 3 nitrogen and oxygen atoms in total. The molecule has 0 saturated heterocycles. The molecular weight excluding hydrogens is 419 g/mol. The van der Waals surface area contributed by atoms with E-state index in [0.717, 1.165) is 21.2 Å². The fourth-order valence-corrected chi connectivity index (χ4v) is 3.22. The summed E-state index contributed by atoms with van der Waals surface area (Å²) >= 11 is 12.9. The number of hydrogen-bond donors (Lipinski definition) is 2. The maximum Gasteiger partial charge on any atom is 0.257 e. The molecule has 6 heteroatoms. The molecule has 0 aromatic heterocycles. The lowest BCUT2D eigenvalue weighted by molar-refractivity contribution is 0.102. The van der Waals surface area contributed by atoms with Crippen molar-refractivity contribution in [3.8, 4) is 0 Å². The quantitative estimate of drug-likeness (QED) is 0.665. The van der Waals surface area contributed by atoms with Crippen molar-refractivity contribution < 1.29 is 4.79 Å². The minimum absolute atomic E-state index is 0.221. The Morgan fingerprint density at radius 2 is 1.86 bits per heavy atom. The van der Waals surface area contributed by atoms with Gasteiger partial charge in [0.05, 0.1) is 11.3 Å². The lowest BCUT2D eigenvalue weighted by atomic mass is 10.1. The Kier molecular flexibility index (Phi) is 5.67. The zero-order valence-electron chi connectivity index (χ0n) is 11.2. The monoisotopic (exact) mass is 430 g/mol. The lowest BCUT2D eigenvalue weighted by Gasteiger charge is -2.13. The summed E-state index contributed by atoms with van der Waals surface area (Å²) in [6.45, 7) is 2.70. The molecule has 2 rings (SSSR count). The van der Waals surface area contributed by atoms with E-state index in [0.29, 0.717) is 16.3 Å². The first-order valence-corrected chi connectivity index (χ1v) is 8.28. The molecule has 2 aromatic rings. The van der Waals surface area contributed by atoms with E-state index in [1.807, 2.05) is 25.1 Å². The summed E-state index contributed by atoms with van der Waals surface area (Å²) < 4.78 is 1.61. The number of para-hydroxylation sites is 1. The molecular formula is C15H13Br2ClN2O. The van der Waals surface area contributed by atoms with Gasteiger partial charge >= 0.3 is 0 Å². The number of benzene rings is 2. The number of anilines is 2. The van der Waals surface area contributed by atoms with Crippen molar-refractivity contribution in [2.45, 2.75) is 6.92 Å². The van der Waals surface area contributed by atoms with Gasteiger partial charge in [0.2, 0.25) is 0 Å². The zero-order chi connectivity index (χ0) is 15.4. The average Bonchev–Trinajstić information content (AvgIpc) is 2.45. The van der Waals surface area contributed by atoms with Crippen LogP contribution in [0.1, 0.15) is 17.3 Å². The van der Waals surface area contributed by atoms with Gasteiger partial charge in [-0.2, -0.15) is 0 Å². The maximum atomic E-state index is 12.5. The standard InChI is InChI=1S/C15H13Br2ClN2O/c1-2-19-13-7-6-9(18)8-10(13)15(21)20-14-11(16)4-3-5-12(14)17/h3-8,19H,2H2,1H3,(H,20,21). The minimum atomic E-state index is -0.221. The van der Waals surface area contributed by atoms with Gasteiger partial charge in [-0.15, -0.1) is 0 Å². The third kappa shape index (κ3) is 3.99. The summed E-state index contributed by atoms with van der Waals surface area (Å²) in [6.07, 6.45) is 0. The molecule has 1 amide bonds. The highest BCUT2D eigenvalue weighted by molar-refractivity contribution is 9.11. The van der Waals surface area contributed by atoms with E-state index in [1.54, 1.807) is 18.2 Å². The van der Waals surface area contributed by atoms with E-state index in [1.165, 1.54) is 0 Å². The van der Waals surface area contributed by atoms with Crippen molar-refractivity contribution in [2.24, 2.45) is 0 Å². The molecule has 0 saturated carbocycles. The second-order valence-corrected chi connectivity index (χ2v) is 6.42. The molecule has 2 N–H and O–H groups in total. The number of halogens is 3. The van der Waals surface area contributed by atoms with Crippen LogP contribution in [0.25, 0.3) is 0 Å². The van der Waals surface area contributed by atoms with Gasteiger partial charge in [0, 0.05) is 26.2 Å². The highest BCUT2D eigenvalue weighted by atomic mass is 79.9. The first-order chi connectivity index (χ1) is 10.0. The molecule has 0 bridgehead atoms. The predicted molar refractivity (Wildman–Crippen MR) is 95.4 cm³/mol. The molecule has 0 heterocycles. The van der Waals surface area contributed by atoms with Crippen LogP contribution in [0.15, 0.2) is 45.3 Å². The Labute approximate surface area is 145 Å². The topological polar surface area (TPSA) is 41.1 Å². The SMILES string of the molecule is CCNc1ccc(Cl)cc1C(=O)Nc1c(Br)cccc1Br. The molecule has 0 aliphatic rings. The summed E-state index contributed by atoms with van der Waals surface area (Å²) in [5, 5.41) is 6.57. The van der Waals surface area contributed by atoms with Crippen molar-refractivity contribution in [3.63, 3.8) is 0 Å². The Morgan fingerprint density at radius 1 is 1.19 bits per heavy atom. The fourth-order valence-electron chi connectivity index (χ4n) is 1.85. The highest BCUT2D eigenvalue weighted by Crippen LogP contribution is 2.31. The fraction of sp³-hybridized carbons (Fsp3) is 0.133. The molecule has 0 spiro atoms. The molecule has 0 aliphatic carbocycles. The van der Waals surface area contributed by atoms with E-state index < -0.39 is 0 Å². The van der Waals surface area contributed by atoms with E-state index in [9.17, 15) is 4.79 Å². The number of carbonyl (C=O) groups excluding carboxylic acids is 1. The molecule has 2 aromatic carbocycles. The average molecular weight is 433 g/mol. The molecule has 21 heavy (non-hydrogen) atoms. The summed E-state index contributed by atoms with van der Waals surface area (Å²) in [5.41, 5.74) is 1.94. The Hall–Kier alpha value is -1.04. The molecule has 0 atom stereocenters. The van der Waals surface area contributed by atoms with Gasteiger partial charge in [0.15, 0.2) is 0 Å². The largest absolute Gasteiger partial charge is 0.385 e. The van der Waals surface area contributed by atoms with Gasteiger partial charge in [-0.1, -0.05) is 17.7 Å². The van der Waals surface area contributed by atoms with Gasteiger partial charge < -0.3 is 10.6 Å². The van der Waals surface area contributed by atoms with E-state index in [4.69, 9.17) is 11.6 Å². The van der Waals surface area contributed by atoms with E-state index in [2.05, 4.69) is 42.5 Å². The minimum Gasteiger partial charge on any atom is -0.385 e. The number of carbonyl (C=O) groups is 1. The van der Waals surface area contributed by atoms with Crippen LogP contribution < -0.4 is 10.6 Å². The maximum absolute atomic E-state index is 12.5. The van der Waals surface area contributed by atoms with Crippen LogP contribution in [0.4, 0.5) is 11.4 Å². The molecule has 0 unspecified atom stereocenters. The second kappa shape index (κ2) is 7.29. The van der Waals surface area contributed by atoms with Crippen LogP contribution in [0.3, 0.4) is 0 Å². The van der Waals surface area contributed by atoms with Crippen molar-refractivity contribution in [1.29, 1.82) is 0 Å². The lowest BCUT2D eigenvalue weighted by Crippen LogP contribution is -2.15. The Morgan fingerprint density at radius 3 is 2.48 bits per heavy atom. The Bertz CT molecular complexity index is 656. The normalized spacial score (nSPS) is 10.3. The van der Waals surface area contributed by atoms with E-state index in [-0.39, 0.29) is 5.91 Å². The number of nitrogens with one attached hydrogen (secondary N) is 2. The summed E-state index contributed by atoms with van der Waals surface area (Å²) in [6, 6.07) is 10.8. The van der Waals surface area contributed by atoms with Gasteiger partial charge in [0.25, 0.3) is 5.91 Å². The Balaban J connectivity index is 2.34. The van der Waals surface area contributed by atoms with Crippen LogP contribution in [-0.2, 0) is 0 Å². The van der Waals surface area contributed by atoms with Crippen LogP contribution in [0.5, 0.6) is 0 Å². The van der Waals surface area contributed by atoms with Gasteiger partial charge in [0.1, 0.15) is 0 Å². The van der Waals surface area contributed by atoms with Crippen LogP contribution >= 0.6 is 43.5 Å². The summed E-state index contributed by atoms with van der Waals surface area (Å²) in [7, 11) is 0. The van der Waals surface area contributed by atoms with Gasteiger partial charge in [-0.25, -0.2) is 0 Å². The third-order valence-electron chi connectivity index (χ3n) is 2.79. The van der Waals surface area contributed by atoms with Crippen LogP contribution in [0, 0.1) is 0 Å². The van der Waals surface area contributed by atoms with Crippen molar-refractivity contribution in [3.05, 3.63) is 55.9 Å². The highest BCUT2D eigenvalue weighted by Gasteiger charge is 2.15. The smallest absolute Gasteiger partial charge is 0.257 e. The third-order valence-corrected chi connectivity index (χ3v) is 4.35. The summed E-state index contributed by atoms with van der Waals surface area (Å²) in [5.74, 6) is -0.221. The first kappa shape index (κ1) is 16.3. The predicted octanol–water partition coefficient (Wildman–Crippen LogP) is 5.55. The molecule has 0 aliphatic heterocycles. The number of amides is 1. The zero-order valence-corrected chi connectivity index (χ0v) is 15.1. The van der Waals surface area contributed by atoms with Crippen molar-refractivity contribution >= 4 is 60.7 Å². The molecule has 110 valence electrons. The molecule has 0 fully saturated rings.